The molecule has 0 amide bonds. The van der Waals surface area contributed by atoms with Gasteiger partial charge in [0.1, 0.15) is 5.58 Å². The van der Waals surface area contributed by atoms with Gasteiger partial charge in [0, 0.05) is 55.2 Å². The van der Waals surface area contributed by atoms with Crippen molar-refractivity contribution in [2.75, 3.05) is 5.73 Å². The zero-order valence-electron chi connectivity index (χ0n) is 15.3. The monoisotopic (exact) mass is 372 g/mol. The third kappa shape index (κ3) is 4.24. The first-order chi connectivity index (χ1) is 13.7. The molecule has 140 valence electrons. The number of rotatable bonds is 6. The Morgan fingerprint density at radius 3 is 2.14 bits per heavy atom. The fourth-order valence-corrected chi connectivity index (χ4v) is 3.23. The molecule has 6 nitrogen and oxygen atoms in total. The lowest BCUT2D eigenvalue weighted by Gasteiger charge is -2.22. The standard InChI is InChI=1S/C22H20N4O2/c23-17-7-8-20-16(11-22(27)28-21(20)12-17)13-26(14-18-5-1-3-9-24-18)15-19-6-2-4-10-25-19/h1-12H,13-15,23H2. The highest BCUT2D eigenvalue weighted by Crippen LogP contribution is 2.22. The van der Waals surface area contributed by atoms with E-state index in [9.17, 15) is 4.79 Å². The minimum atomic E-state index is -0.385. The summed E-state index contributed by atoms with van der Waals surface area (Å²) in [5.41, 5.74) is 9.31. The normalized spacial score (nSPS) is 11.2. The van der Waals surface area contributed by atoms with E-state index in [1.165, 1.54) is 0 Å². The third-order valence-corrected chi connectivity index (χ3v) is 4.47. The van der Waals surface area contributed by atoms with E-state index < -0.39 is 0 Å². The lowest BCUT2D eigenvalue weighted by molar-refractivity contribution is 0.242. The van der Waals surface area contributed by atoms with Gasteiger partial charge in [0.25, 0.3) is 0 Å². The second-order valence-corrected chi connectivity index (χ2v) is 6.63. The highest BCUT2D eigenvalue weighted by atomic mass is 16.4. The topological polar surface area (TPSA) is 85.2 Å². The first kappa shape index (κ1) is 17.9. The van der Waals surface area contributed by atoms with Crippen LogP contribution in [0.2, 0.25) is 0 Å². The fraction of sp³-hybridized carbons (Fsp3) is 0.136. The van der Waals surface area contributed by atoms with Crippen molar-refractivity contribution in [1.29, 1.82) is 0 Å². The molecule has 4 aromatic rings. The average molecular weight is 372 g/mol. The van der Waals surface area contributed by atoms with E-state index in [1.807, 2.05) is 48.5 Å². The van der Waals surface area contributed by atoms with E-state index in [-0.39, 0.29) is 5.63 Å². The molecule has 0 aliphatic heterocycles. The minimum Gasteiger partial charge on any atom is -0.423 e. The molecule has 0 saturated heterocycles. The van der Waals surface area contributed by atoms with E-state index in [0.29, 0.717) is 30.9 Å². The molecule has 3 aromatic heterocycles. The summed E-state index contributed by atoms with van der Waals surface area (Å²) in [5.74, 6) is 0. The predicted octanol–water partition coefficient (Wildman–Crippen LogP) is 3.37. The Kier molecular flexibility index (Phi) is 5.12. The van der Waals surface area contributed by atoms with Crippen LogP contribution in [0.5, 0.6) is 0 Å². The number of fused-ring (bicyclic) bond motifs is 1. The van der Waals surface area contributed by atoms with Crippen LogP contribution in [-0.2, 0) is 19.6 Å². The lowest BCUT2D eigenvalue weighted by atomic mass is 10.1. The summed E-state index contributed by atoms with van der Waals surface area (Å²) >= 11 is 0. The Balaban J connectivity index is 1.69. The van der Waals surface area contributed by atoms with E-state index >= 15 is 0 Å². The number of benzene rings is 1. The largest absolute Gasteiger partial charge is 0.423 e. The van der Waals surface area contributed by atoms with Crippen LogP contribution < -0.4 is 11.4 Å². The summed E-state index contributed by atoms with van der Waals surface area (Å²) in [6.07, 6.45) is 3.56. The van der Waals surface area contributed by atoms with Crippen molar-refractivity contribution in [3.05, 3.63) is 100 Å². The maximum atomic E-state index is 12.1. The maximum Gasteiger partial charge on any atom is 0.336 e. The average Bonchev–Trinajstić information content (AvgIpc) is 2.69. The molecule has 3 heterocycles. The van der Waals surface area contributed by atoms with Crippen molar-refractivity contribution in [1.82, 2.24) is 14.9 Å². The van der Waals surface area contributed by atoms with E-state index in [4.69, 9.17) is 10.2 Å². The number of pyridine rings is 2. The van der Waals surface area contributed by atoms with Gasteiger partial charge in [-0.25, -0.2) is 4.79 Å². The van der Waals surface area contributed by atoms with Crippen molar-refractivity contribution >= 4 is 16.7 Å². The highest BCUT2D eigenvalue weighted by Gasteiger charge is 2.13. The zero-order valence-corrected chi connectivity index (χ0v) is 15.3. The van der Waals surface area contributed by atoms with Gasteiger partial charge in [0.15, 0.2) is 0 Å². The summed E-state index contributed by atoms with van der Waals surface area (Å²) in [5, 5.41) is 0.876. The van der Waals surface area contributed by atoms with Gasteiger partial charge in [-0.05, 0) is 42.0 Å². The molecule has 0 saturated carbocycles. The molecule has 0 fully saturated rings. The summed E-state index contributed by atoms with van der Waals surface area (Å²) in [6, 6.07) is 18.6. The maximum absolute atomic E-state index is 12.1. The van der Waals surface area contributed by atoms with Crippen LogP contribution in [0.15, 0.2) is 82.3 Å². The number of nitrogens with zero attached hydrogens (tertiary/aromatic N) is 3. The summed E-state index contributed by atoms with van der Waals surface area (Å²) < 4.78 is 5.32. The Hall–Kier alpha value is -3.51. The number of nitrogen functional groups attached to an aromatic ring is 1. The highest BCUT2D eigenvalue weighted by molar-refractivity contribution is 5.82. The first-order valence-electron chi connectivity index (χ1n) is 9.02. The molecule has 4 rings (SSSR count). The van der Waals surface area contributed by atoms with Crippen LogP contribution in [-0.4, -0.2) is 14.9 Å². The second-order valence-electron chi connectivity index (χ2n) is 6.63. The predicted molar refractivity (Wildman–Crippen MR) is 108 cm³/mol. The van der Waals surface area contributed by atoms with Crippen LogP contribution in [0.3, 0.4) is 0 Å². The van der Waals surface area contributed by atoms with Crippen LogP contribution in [0, 0.1) is 0 Å². The van der Waals surface area contributed by atoms with Gasteiger partial charge in [-0.2, -0.15) is 0 Å². The van der Waals surface area contributed by atoms with Gasteiger partial charge < -0.3 is 10.2 Å². The molecule has 0 unspecified atom stereocenters. The van der Waals surface area contributed by atoms with E-state index in [0.717, 1.165) is 22.3 Å². The van der Waals surface area contributed by atoms with Gasteiger partial charge in [0.2, 0.25) is 0 Å². The second kappa shape index (κ2) is 8.02. The van der Waals surface area contributed by atoms with E-state index in [1.54, 1.807) is 24.5 Å². The Labute approximate surface area is 162 Å². The lowest BCUT2D eigenvalue weighted by Crippen LogP contribution is -2.24. The molecule has 1 aromatic carbocycles. The van der Waals surface area contributed by atoms with Crippen LogP contribution in [0.1, 0.15) is 17.0 Å². The van der Waals surface area contributed by atoms with Crippen molar-refractivity contribution in [2.24, 2.45) is 0 Å². The molecule has 0 bridgehead atoms. The molecular formula is C22H20N4O2. The fourth-order valence-electron chi connectivity index (χ4n) is 3.23. The summed E-state index contributed by atoms with van der Waals surface area (Å²) in [7, 11) is 0. The number of anilines is 1. The van der Waals surface area contributed by atoms with Crippen LogP contribution in [0.4, 0.5) is 5.69 Å². The minimum absolute atomic E-state index is 0.385. The number of aromatic nitrogens is 2. The van der Waals surface area contributed by atoms with Gasteiger partial charge in [-0.15, -0.1) is 0 Å². The Bertz CT molecular complexity index is 1090. The Morgan fingerprint density at radius 1 is 0.857 bits per heavy atom. The van der Waals surface area contributed by atoms with Gasteiger partial charge in [-0.3, -0.25) is 14.9 Å². The summed E-state index contributed by atoms with van der Waals surface area (Å²) in [4.78, 5) is 23.1. The third-order valence-electron chi connectivity index (χ3n) is 4.47. The first-order valence-corrected chi connectivity index (χ1v) is 9.02. The smallest absolute Gasteiger partial charge is 0.336 e. The van der Waals surface area contributed by atoms with Gasteiger partial charge in [0.05, 0.1) is 11.4 Å². The van der Waals surface area contributed by atoms with Gasteiger partial charge >= 0.3 is 5.63 Å². The molecule has 0 aliphatic carbocycles. The number of nitrogens with two attached hydrogens (primary N) is 1. The molecule has 0 aliphatic rings. The molecule has 0 atom stereocenters. The van der Waals surface area contributed by atoms with Crippen molar-refractivity contribution in [2.45, 2.75) is 19.6 Å². The SMILES string of the molecule is Nc1ccc2c(CN(Cc3ccccn3)Cc3ccccn3)cc(=O)oc2c1. The quantitative estimate of drug-likeness (QED) is 0.413. The molecule has 0 radical (unpaired) electrons. The molecule has 6 heteroatoms. The molecule has 2 N–H and O–H groups in total. The van der Waals surface area contributed by atoms with Crippen molar-refractivity contribution in [3.63, 3.8) is 0 Å². The van der Waals surface area contributed by atoms with Gasteiger partial charge in [-0.1, -0.05) is 12.1 Å². The molecule has 28 heavy (non-hydrogen) atoms. The number of hydrogen-bond acceptors (Lipinski definition) is 6. The van der Waals surface area contributed by atoms with Crippen molar-refractivity contribution in [3.8, 4) is 0 Å². The van der Waals surface area contributed by atoms with Crippen molar-refractivity contribution < 1.29 is 4.42 Å². The molecular weight excluding hydrogens is 352 g/mol. The van der Waals surface area contributed by atoms with Crippen LogP contribution >= 0.6 is 0 Å². The summed E-state index contributed by atoms with van der Waals surface area (Å²) in [6.45, 7) is 1.82. The number of hydrogen-bond donors (Lipinski definition) is 1. The molecule has 0 spiro atoms. The Morgan fingerprint density at radius 2 is 1.54 bits per heavy atom. The van der Waals surface area contributed by atoms with Crippen LogP contribution in [0.25, 0.3) is 11.0 Å². The van der Waals surface area contributed by atoms with E-state index in [2.05, 4.69) is 14.9 Å². The zero-order chi connectivity index (χ0) is 19.3.